The molecule has 0 aromatic heterocycles. The van der Waals surface area contributed by atoms with Crippen LogP contribution in [0.25, 0.3) is 0 Å². The highest BCUT2D eigenvalue weighted by molar-refractivity contribution is 5.28. The first-order valence-electron chi connectivity index (χ1n) is 4.51. The Morgan fingerprint density at radius 1 is 1.25 bits per heavy atom. The van der Waals surface area contributed by atoms with E-state index in [0.29, 0.717) is 5.56 Å². The molecular formula is C10H10F4O2. The highest BCUT2D eigenvalue weighted by Gasteiger charge is 2.27. The van der Waals surface area contributed by atoms with Crippen LogP contribution < -0.4 is 4.74 Å². The van der Waals surface area contributed by atoms with Crippen molar-refractivity contribution in [2.75, 3.05) is 6.61 Å². The molecule has 1 aromatic carbocycles. The van der Waals surface area contributed by atoms with Gasteiger partial charge in [-0.05, 0) is 17.7 Å². The average Bonchev–Trinajstić information content (AvgIpc) is 2.18. The number of alkyl halides is 3. The van der Waals surface area contributed by atoms with Crippen molar-refractivity contribution in [1.82, 2.24) is 0 Å². The van der Waals surface area contributed by atoms with Gasteiger partial charge in [0.2, 0.25) is 0 Å². The molecule has 90 valence electrons. The molecular weight excluding hydrogens is 228 g/mol. The molecule has 0 fully saturated rings. The second-order valence-electron chi connectivity index (χ2n) is 3.14. The number of hydrogen-bond donors (Lipinski definition) is 1. The first-order chi connectivity index (χ1) is 7.42. The fraction of sp³-hybridized carbons (Fsp3) is 0.400. The zero-order chi connectivity index (χ0) is 12.2. The van der Waals surface area contributed by atoms with Crippen molar-refractivity contribution >= 4 is 0 Å². The lowest BCUT2D eigenvalue weighted by Crippen LogP contribution is -2.13. The molecule has 0 heterocycles. The van der Waals surface area contributed by atoms with E-state index in [1.54, 1.807) is 0 Å². The topological polar surface area (TPSA) is 29.5 Å². The normalized spacial score (nSPS) is 11.6. The van der Waals surface area contributed by atoms with Crippen LogP contribution in [-0.4, -0.2) is 17.9 Å². The van der Waals surface area contributed by atoms with Crippen molar-refractivity contribution < 1.29 is 27.4 Å². The zero-order valence-electron chi connectivity index (χ0n) is 8.22. The van der Waals surface area contributed by atoms with E-state index in [-0.39, 0.29) is 12.4 Å². The highest BCUT2D eigenvalue weighted by atomic mass is 19.4. The maximum absolute atomic E-state index is 13.1. The van der Waals surface area contributed by atoms with Crippen LogP contribution in [0.2, 0.25) is 0 Å². The fourth-order valence-electron chi connectivity index (χ4n) is 1.04. The Hall–Kier alpha value is -1.30. The lowest BCUT2D eigenvalue weighted by molar-refractivity contribution is -0.139. The van der Waals surface area contributed by atoms with Gasteiger partial charge < -0.3 is 9.84 Å². The smallest absolute Gasteiger partial charge is 0.392 e. The van der Waals surface area contributed by atoms with E-state index in [1.807, 2.05) is 0 Å². The van der Waals surface area contributed by atoms with Crippen molar-refractivity contribution in [1.29, 1.82) is 0 Å². The van der Waals surface area contributed by atoms with Crippen LogP contribution in [-0.2, 0) is 6.61 Å². The minimum absolute atomic E-state index is 0.249. The second kappa shape index (κ2) is 5.16. The van der Waals surface area contributed by atoms with Gasteiger partial charge in [0.1, 0.15) is 0 Å². The van der Waals surface area contributed by atoms with E-state index in [2.05, 4.69) is 4.74 Å². The standard InChI is InChI=1S/C10H10F4O2/c11-8-5-7(6-15)1-2-9(8)16-4-3-10(12,13)14/h1-2,5,15H,3-4,6H2. The van der Waals surface area contributed by atoms with E-state index < -0.39 is 25.0 Å². The van der Waals surface area contributed by atoms with Crippen molar-refractivity contribution in [2.24, 2.45) is 0 Å². The van der Waals surface area contributed by atoms with Gasteiger partial charge in [-0.3, -0.25) is 0 Å². The molecule has 0 aliphatic rings. The lowest BCUT2D eigenvalue weighted by Gasteiger charge is -2.09. The van der Waals surface area contributed by atoms with Crippen molar-refractivity contribution in [3.05, 3.63) is 29.6 Å². The van der Waals surface area contributed by atoms with Crippen molar-refractivity contribution in [3.63, 3.8) is 0 Å². The minimum atomic E-state index is -4.32. The molecule has 0 saturated carbocycles. The third-order valence-electron chi connectivity index (χ3n) is 1.82. The molecule has 0 atom stereocenters. The predicted molar refractivity (Wildman–Crippen MR) is 48.5 cm³/mol. The van der Waals surface area contributed by atoms with Gasteiger partial charge in [0.25, 0.3) is 0 Å². The molecule has 1 rings (SSSR count). The van der Waals surface area contributed by atoms with Crippen molar-refractivity contribution in [2.45, 2.75) is 19.2 Å². The van der Waals surface area contributed by atoms with Crippen LogP contribution in [0.4, 0.5) is 17.6 Å². The summed E-state index contributed by atoms with van der Waals surface area (Å²) in [5.41, 5.74) is 0.334. The van der Waals surface area contributed by atoms with E-state index >= 15 is 0 Å². The summed E-state index contributed by atoms with van der Waals surface area (Å²) in [6, 6.07) is 3.59. The summed E-state index contributed by atoms with van der Waals surface area (Å²) in [5.74, 6) is -1.03. The Bertz CT molecular complexity index is 349. The maximum atomic E-state index is 13.1. The highest BCUT2D eigenvalue weighted by Crippen LogP contribution is 2.22. The first kappa shape index (κ1) is 12.8. The summed E-state index contributed by atoms with van der Waals surface area (Å²) >= 11 is 0. The molecule has 0 amide bonds. The number of aliphatic hydroxyl groups excluding tert-OH is 1. The van der Waals surface area contributed by atoms with E-state index in [0.717, 1.165) is 6.07 Å². The minimum Gasteiger partial charge on any atom is -0.490 e. The third-order valence-corrected chi connectivity index (χ3v) is 1.82. The molecule has 16 heavy (non-hydrogen) atoms. The van der Waals surface area contributed by atoms with Crippen molar-refractivity contribution in [3.8, 4) is 5.75 Å². The number of aliphatic hydroxyl groups is 1. The van der Waals surface area contributed by atoms with E-state index in [4.69, 9.17) is 5.11 Å². The summed E-state index contributed by atoms with van der Waals surface area (Å²) in [6.45, 7) is -0.960. The Morgan fingerprint density at radius 2 is 1.94 bits per heavy atom. The van der Waals surface area contributed by atoms with Gasteiger partial charge in [0.15, 0.2) is 11.6 Å². The SMILES string of the molecule is OCc1ccc(OCCC(F)(F)F)c(F)c1. The molecule has 0 radical (unpaired) electrons. The molecule has 0 saturated heterocycles. The third kappa shape index (κ3) is 4.06. The Labute approximate surface area is 89.5 Å². The maximum Gasteiger partial charge on any atom is 0.392 e. The molecule has 6 heteroatoms. The number of rotatable bonds is 4. The van der Waals surface area contributed by atoms with Gasteiger partial charge in [-0.1, -0.05) is 6.07 Å². The van der Waals surface area contributed by atoms with E-state index in [1.165, 1.54) is 12.1 Å². The van der Waals surface area contributed by atoms with Gasteiger partial charge in [-0.25, -0.2) is 4.39 Å². The molecule has 0 bridgehead atoms. The number of benzene rings is 1. The Kier molecular flexibility index (Phi) is 4.12. The van der Waals surface area contributed by atoms with E-state index in [9.17, 15) is 17.6 Å². The Balaban J connectivity index is 2.55. The van der Waals surface area contributed by atoms with Gasteiger partial charge in [0.05, 0.1) is 19.6 Å². The van der Waals surface area contributed by atoms with Gasteiger partial charge in [0, 0.05) is 0 Å². The molecule has 0 spiro atoms. The van der Waals surface area contributed by atoms with Crippen LogP contribution in [0, 0.1) is 5.82 Å². The monoisotopic (exact) mass is 238 g/mol. The van der Waals surface area contributed by atoms with Gasteiger partial charge >= 0.3 is 6.18 Å². The number of hydrogen-bond acceptors (Lipinski definition) is 2. The number of ether oxygens (including phenoxy) is 1. The van der Waals surface area contributed by atoms with Crippen LogP contribution in [0.3, 0.4) is 0 Å². The fourth-order valence-corrected chi connectivity index (χ4v) is 1.04. The molecule has 0 unspecified atom stereocenters. The van der Waals surface area contributed by atoms with Crippen LogP contribution in [0.5, 0.6) is 5.75 Å². The quantitative estimate of drug-likeness (QED) is 0.817. The average molecular weight is 238 g/mol. The molecule has 1 aromatic rings. The number of halogens is 4. The summed E-state index contributed by atoms with van der Waals surface area (Å²) in [4.78, 5) is 0. The first-order valence-corrected chi connectivity index (χ1v) is 4.51. The molecule has 1 N–H and O–H groups in total. The largest absolute Gasteiger partial charge is 0.490 e. The van der Waals surface area contributed by atoms with Crippen LogP contribution >= 0.6 is 0 Å². The summed E-state index contributed by atoms with van der Waals surface area (Å²) in [7, 11) is 0. The van der Waals surface area contributed by atoms with Gasteiger partial charge in [-0.2, -0.15) is 13.2 Å². The van der Waals surface area contributed by atoms with Crippen LogP contribution in [0.15, 0.2) is 18.2 Å². The molecule has 0 aliphatic heterocycles. The molecule has 2 nitrogen and oxygen atoms in total. The summed E-state index contributed by atoms with van der Waals surface area (Å²) in [6.07, 6.45) is -5.45. The summed E-state index contributed by atoms with van der Waals surface area (Å²) in [5, 5.41) is 8.68. The lowest BCUT2D eigenvalue weighted by atomic mass is 10.2. The zero-order valence-corrected chi connectivity index (χ0v) is 8.22. The predicted octanol–water partition coefficient (Wildman–Crippen LogP) is 2.65. The second-order valence-corrected chi connectivity index (χ2v) is 3.14. The van der Waals surface area contributed by atoms with Gasteiger partial charge in [-0.15, -0.1) is 0 Å². The molecule has 0 aliphatic carbocycles. The summed E-state index contributed by atoms with van der Waals surface area (Å²) < 4.78 is 53.1. The van der Waals surface area contributed by atoms with Crippen LogP contribution in [0.1, 0.15) is 12.0 Å². The Morgan fingerprint density at radius 3 is 2.44 bits per heavy atom.